The number of carbonyl (C=O) groups excluding carboxylic acids is 2. The minimum atomic E-state index is -0.510. The number of likely N-dealkylation sites (tertiary alicyclic amines) is 1. The van der Waals surface area contributed by atoms with E-state index in [-0.39, 0.29) is 17.9 Å². The van der Waals surface area contributed by atoms with Crippen molar-refractivity contribution in [3.8, 4) is 0 Å². The van der Waals surface area contributed by atoms with Gasteiger partial charge in [-0.2, -0.15) is 0 Å². The largest absolute Gasteiger partial charge is 0.444 e. The molecule has 1 aliphatic heterocycles. The maximum atomic E-state index is 12.9. The Bertz CT molecular complexity index is 887. The smallest absolute Gasteiger partial charge is 0.410 e. The van der Waals surface area contributed by atoms with Crippen molar-refractivity contribution in [2.24, 2.45) is 5.92 Å². The molecule has 0 aliphatic carbocycles. The molecule has 0 spiro atoms. The second kappa shape index (κ2) is 8.66. The van der Waals surface area contributed by atoms with E-state index in [2.05, 4.69) is 4.98 Å². The first-order chi connectivity index (χ1) is 13.6. The second-order valence-electron chi connectivity index (χ2n) is 8.89. The number of rotatable bonds is 4. The van der Waals surface area contributed by atoms with Gasteiger partial charge in [-0.1, -0.05) is 17.7 Å². The predicted molar refractivity (Wildman–Crippen MR) is 115 cm³/mol. The number of nitrogens with one attached hydrogen (secondary N) is 1. The number of H-pyrrole nitrogens is 1. The lowest BCUT2D eigenvalue weighted by Gasteiger charge is -2.35. The van der Waals surface area contributed by atoms with Crippen molar-refractivity contribution in [1.82, 2.24) is 14.8 Å². The summed E-state index contributed by atoms with van der Waals surface area (Å²) in [7, 11) is 1.76. The highest BCUT2D eigenvalue weighted by Gasteiger charge is 2.27. The van der Waals surface area contributed by atoms with Gasteiger partial charge in [0.2, 0.25) is 5.91 Å². The van der Waals surface area contributed by atoms with Gasteiger partial charge in [-0.3, -0.25) is 4.79 Å². The molecule has 3 rings (SSSR count). The van der Waals surface area contributed by atoms with Crippen LogP contribution in [0.4, 0.5) is 4.79 Å². The van der Waals surface area contributed by atoms with Crippen molar-refractivity contribution < 1.29 is 14.3 Å². The van der Waals surface area contributed by atoms with Crippen LogP contribution in [0.15, 0.2) is 24.4 Å². The lowest BCUT2D eigenvalue weighted by Crippen LogP contribution is -2.45. The van der Waals surface area contributed by atoms with Gasteiger partial charge in [0.25, 0.3) is 0 Å². The van der Waals surface area contributed by atoms with Crippen LogP contribution in [0.3, 0.4) is 0 Å². The highest BCUT2D eigenvalue weighted by Crippen LogP contribution is 2.24. The first-order valence-corrected chi connectivity index (χ1v) is 10.5. The number of nitrogens with zero attached hydrogens (tertiary/aromatic N) is 2. The molecule has 1 unspecified atom stereocenters. The number of benzene rings is 1. The maximum Gasteiger partial charge on any atom is 0.410 e. The Morgan fingerprint density at radius 1 is 1.34 bits per heavy atom. The van der Waals surface area contributed by atoms with E-state index in [1.165, 1.54) is 0 Å². The molecule has 0 radical (unpaired) electrons. The van der Waals surface area contributed by atoms with Gasteiger partial charge in [0, 0.05) is 48.8 Å². The topological polar surface area (TPSA) is 65.6 Å². The third-order valence-electron chi connectivity index (χ3n) is 5.18. The van der Waals surface area contributed by atoms with Crippen LogP contribution in [0.1, 0.15) is 39.2 Å². The normalized spacial score (nSPS) is 17.4. The standard InChI is InChI=1S/C22H30ClN3O3/c1-22(2,3)29-21(28)25(4)13-15-6-5-9-26(14-15)20(27)10-16-12-24-19-11-17(23)7-8-18(16)19/h7-8,11-12,15,24H,5-6,9-10,13-14H2,1-4H3. The van der Waals surface area contributed by atoms with E-state index in [0.717, 1.165) is 35.9 Å². The number of aromatic amines is 1. The molecule has 1 aliphatic rings. The maximum absolute atomic E-state index is 12.9. The Morgan fingerprint density at radius 2 is 2.10 bits per heavy atom. The van der Waals surface area contributed by atoms with E-state index >= 15 is 0 Å². The number of fused-ring (bicyclic) bond motifs is 1. The van der Waals surface area contributed by atoms with Crippen LogP contribution in [0, 0.1) is 5.92 Å². The summed E-state index contributed by atoms with van der Waals surface area (Å²) in [4.78, 5) is 31.9. The van der Waals surface area contributed by atoms with Crippen LogP contribution in [0.25, 0.3) is 10.9 Å². The van der Waals surface area contributed by atoms with E-state index in [0.29, 0.717) is 24.5 Å². The highest BCUT2D eigenvalue weighted by atomic mass is 35.5. The monoisotopic (exact) mass is 419 g/mol. The summed E-state index contributed by atoms with van der Waals surface area (Å²) in [5.41, 5.74) is 1.41. The molecule has 2 heterocycles. The molecule has 1 atom stereocenters. The van der Waals surface area contributed by atoms with Crippen molar-refractivity contribution >= 4 is 34.5 Å². The minimum Gasteiger partial charge on any atom is -0.444 e. The van der Waals surface area contributed by atoms with Gasteiger partial charge in [-0.25, -0.2) is 4.79 Å². The Kier molecular flexibility index (Phi) is 6.42. The zero-order chi connectivity index (χ0) is 21.2. The summed E-state index contributed by atoms with van der Waals surface area (Å²) in [5.74, 6) is 0.373. The Morgan fingerprint density at radius 3 is 2.83 bits per heavy atom. The van der Waals surface area contributed by atoms with Gasteiger partial charge in [-0.05, 0) is 57.2 Å². The summed E-state index contributed by atoms with van der Waals surface area (Å²) < 4.78 is 5.43. The van der Waals surface area contributed by atoms with Gasteiger partial charge in [-0.15, -0.1) is 0 Å². The second-order valence-corrected chi connectivity index (χ2v) is 9.33. The van der Waals surface area contributed by atoms with Crippen molar-refractivity contribution in [2.75, 3.05) is 26.7 Å². The average molecular weight is 420 g/mol. The molecule has 7 heteroatoms. The molecule has 1 aromatic carbocycles. The summed E-state index contributed by atoms with van der Waals surface area (Å²) in [6, 6.07) is 5.66. The highest BCUT2D eigenvalue weighted by molar-refractivity contribution is 6.31. The van der Waals surface area contributed by atoms with Gasteiger partial charge in [0.15, 0.2) is 0 Å². The van der Waals surface area contributed by atoms with Crippen LogP contribution >= 0.6 is 11.6 Å². The van der Waals surface area contributed by atoms with Gasteiger partial charge in [0.1, 0.15) is 5.60 Å². The molecule has 29 heavy (non-hydrogen) atoms. The van der Waals surface area contributed by atoms with Crippen molar-refractivity contribution in [3.63, 3.8) is 0 Å². The molecule has 1 fully saturated rings. The summed E-state index contributed by atoms with van der Waals surface area (Å²) >= 11 is 6.04. The van der Waals surface area contributed by atoms with E-state index in [4.69, 9.17) is 16.3 Å². The molecular weight excluding hydrogens is 390 g/mol. The minimum absolute atomic E-state index is 0.116. The zero-order valence-electron chi connectivity index (χ0n) is 17.6. The first kappa shape index (κ1) is 21.5. The SMILES string of the molecule is CN(CC1CCCN(C(=O)Cc2c[nH]c3cc(Cl)ccc23)C1)C(=O)OC(C)(C)C. The van der Waals surface area contributed by atoms with E-state index < -0.39 is 5.60 Å². The molecule has 1 N–H and O–H groups in total. The van der Waals surface area contributed by atoms with Gasteiger partial charge >= 0.3 is 6.09 Å². The number of halogens is 1. The summed E-state index contributed by atoms with van der Waals surface area (Å²) in [6.45, 7) is 7.60. The molecule has 1 aromatic heterocycles. The van der Waals surface area contributed by atoms with Crippen molar-refractivity contribution in [3.05, 3.63) is 35.0 Å². The van der Waals surface area contributed by atoms with Crippen molar-refractivity contribution in [2.45, 2.75) is 45.6 Å². The number of aromatic nitrogens is 1. The number of hydrogen-bond acceptors (Lipinski definition) is 3. The fraction of sp³-hybridized carbons (Fsp3) is 0.545. The molecule has 0 saturated carbocycles. The van der Waals surface area contributed by atoms with Crippen LogP contribution in [-0.4, -0.2) is 59.1 Å². The van der Waals surface area contributed by atoms with E-state index in [9.17, 15) is 9.59 Å². The number of amides is 2. The molecule has 158 valence electrons. The third kappa shape index (κ3) is 5.66. The quantitative estimate of drug-likeness (QED) is 0.795. The predicted octanol–water partition coefficient (Wildman–Crippen LogP) is 4.47. The van der Waals surface area contributed by atoms with E-state index in [1.807, 2.05) is 50.1 Å². The Balaban J connectivity index is 1.58. The Hall–Kier alpha value is -2.21. The van der Waals surface area contributed by atoms with Crippen LogP contribution in [0.5, 0.6) is 0 Å². The summed E-state index contributed by atoms with van der Waals surface area (Å²) in [5, 5.41) is 1.70. The Labute approximate surface area is 177 Å². The zero-order valence-corrected chi connectivity index (χ0v) is 18.4. The first-order valence-electron chi connectivity index (χ1n) is 10.1. The van der Waals surface area contributed by atoms with Crippen LogP contribution in [0.2, 0.25) is 5.02 Å². The fourth-order valence-corrected chi connectivity index (χ4v) is 3.99. The fourth-order valence-electron chi connectivity index (χ4n) is 3.82. The molecule has 0 bridgehead atoms. The number of ether oxygens (including phenoxy) is 1. The number of carbonyl (C=O) groups is 2. The lowest BCUT2D eigenvalue weighted by molar-refractivity contribution is -0.132. The number of hydrogen-bond donors (Lipinski definition) is 1. The van der Waals surface area contributed by atoms with Gasteiger partial charge in [0.05, 0.1) is 6.42 Å². The molecular formula is C22H30ClN3O3. The van der Waals surface area contributed by atoms with E-state index in [1.54, 1.807) is 11.9 Å². The molecule has 6 nitrogen and oxygen atoms in total. The molecule has 2 amide bonds. The average Bonchev–Trinajstić information content (AvgIpc) is 3.02. The van der Waals surface area contributed by atoms with Crippen LogP contribution < -0.4 is 0 Å². The molecule has 1 saturated heterocycles. The van der Waals surface area contributed by atoms with Crippen molar-refractivity contribution in [1.29, 1.82) is 0 Å². The van der Waals surface area contributed by atoms with Gasteiger partial charge < -0.3 is 19.5 Å². The summed E-state index contributed by atoms with van der Waals surface area (Å²) in [6.07, 6.45) is 3.87. The van der Waals surface area contributed by atoms with Crippen LogP contribution in [-0.2, 0) is 16.0 Å². The number of piperidine rings is 1. The third-order valence-corrected chi connectivity index (χ3v) is 5.42. The molecule has 2 aromatic rings. The lowest BCUT2D eigenvalue weighted by atomic mass is 9.97.